The molecule has 21 heteroatoms. The highest BCUT2D eigenvalue weighted by atomic mass is 32.2. The van der Waals surface area contributed by atoms with Crippen LogP contribution in [0.1, 0.15) is 28.0 Å². The number of β-lactam (4-membered cyclic amide) rings is 1. The fraction of sp³-hybridized carbons (Fsp3) is 0.538. The second-order valence-electron chi connectivity index (χ2n) is 13.1. The number of rotatable bonds is 32. The Balaban J connectivity index is 0.737. The van der Waals surface area contributed by atoms with E-state index in [2.05, 4.69) is 20.5 Å². The molecule has 1 aliphatic heterocycles. The van der Waals surface area contributed by atoms with Crippen LogP contribution in [0.3, 0.4) is 0 Å². The number of hydrogen-bond acceptors (Lipinski definition) is 18. The second kappa shape index (κ2) is 25.8. The number of ether oxygens (including phenoxy) is 9. The summed E-state index contributed by atoms with van der Waals surface area (Å²) in [4.78, 5) is 24.9. The zero-order valence-electron chi connectivity index (χ0n) is 33.6. The van der Waals surface area contributed by atoms with Gasteiger partial charge in [-0.25, -0.2) is 13.1 Å². The summed E-state index contributed by atoms with van der Waals surface area (Å²) >= 11 is 0. The first-order valence-corrected chi connectivity index (χ1v) is 21.4. The fourth-order valence-electron chi connectivity index (χ4n) is 5.18. The number of carbonyl (C=O) groups is 2. The van der Waals surface area contributed by atoms with Gasteiger partial charge in [-0.1, -0.05) is 22.4 Å². The molecule has 0 saturated carbocycles. The van der Waals surface area contributed by atoms with Crippen LogP contribution in [0.25, 0.3) is 11.5 Å². The average Bonchev–Trinajstić information content (AvgIpc) is 3.93. The maximum atomic E-state index is 12.2. The number of sulfone groups is 1. The molecule has 2 amide bonds. The molecule has 0 N–H and O–H groups in total. The molecule has 328 valence electrons. The summed E-state index contributed by atoms with van der Waals surface area (Å²) in [5.41, 5.74) is 2.72. The molecule has 0 aliphatic carbocycles. The second-order valence-corrected chi connectivity index (χ2v) is 15.0. The molecule has 0 spiro atoms. The van der Waals surface area contributed by atoms with Gasteiger partial charge in [-0.3, -0.25) is 14.5 Å². The number of imide groups is 1. The lowest BCUT2D eigenvalue weighted by molar-refractivity contribution is -0.135. The molecule has 3 heterocycles. The highest BCUT2D eigenvalue weighted by Gasteiger charge is 2.30. The maximum absolute atomic E-state index is 12.2. The van der Waals surface area contributed by atoms with E-state index in [9.17, 15) is 18.0 Å². The smallest absolute Gasteiger partial charge is 0.335 e. The summed E-state index contributed by atoms with van der Waals surface area (Å²) in [6, 6.07) is 13.9. The predicted octanol–water partition coefficient (Wildman–Crippen LogP) is 2.02. The van der Waals surface area contributed by atoms with E-state index in [4.69, 9.17) is 47.0 Å². The summed E-state index contributed by atoms with van der Waals surface area (Å²) in [6.45, 7) is 8.16. The number of aromatic nitrogens is 5. The normalized spacial score (nSPS) is 12.9. The van der Waals surface area contributed by atoms with Crippen LogP contribution < -0.4 is 4.74 Å². The molecule has 60 heavy (non-hydrogen) atoms. The molecule has 0 unspecified atom stereocenters. The van der Waals surface area contributed by atoms with Crippen molar-refractivity contribution in [3.8, 4) is 17.2 Å². The van der Waals surface area contributed by atoms with Crippen molar-refractivity contribution in [3.05, 3.63) is 71.5 Å². The van der Waals surface area contributed by atoms with E-state index in [1.165, 1.54) is 4.90 Å². The van der Waals surface area contributed by atoms with E-state index in [-0.39, 0.29) is 17.7 Å². The Morgan fingerprint density at radius 1 is 0.667 bits per heavy atom. The molecule has 0 bridgehead atoms. The van der Waals surface area contributed by atoms with Crippen molar-refractivity contribution in [3.63, 3.8) is 0 Å². The topological polar surface area (TPSA) is 224 Å². The summed E-state index contributed by atoms with van der Waals surface area (Å²) in [7, 11) is -3.57. The summed E-state index contributed by atoms with van der Waals surface area (Å²) < 4.78 is 80.1. The number of amides is 2. The summed E-state index contributed by atoms with van der Waals surface area (Å²) in [5.74, 6) is 0.339. The zero-order valence-corrected chi connectivity index (χ0v) is 34.5. The zero-order chi connectivity index (χ0) is 42.3. The fourth-order valence-corrected chi connectivity index (χ4v) is 5.60. The van der Waals surface area contributed by atoms with Crippen molar-refractivity contribution in [2.45, 2.75) is 31.4 Å². The lowest BCUT2D eigenvalue weighted by atomic mass is 10.1. The van der Waals surface area contributed by atoms with E-state index in [1.807, 2.05) is 18.3 Å². The van der Waals surface area contributed by atoms with Crippen molar-refractivity contribution < 1.29 is 65.1 Å². The minimum absolute atomic E-state index is 0.109. The minimum Gasteiger partial charge on any atom is -0.491 e. The molecule has 1 fully saturated rings. The van der Waals surface area contributed by atoms with Crippen LogP contribution in [0.2, 0.25) is 0 Å². The first-order chi connectivity index (χ1) is 29.3. The van der Waals surface area contributed by atoms with Gasteiger partial charge in [0, 0.05) is 30.3 Å². The van der Waals surface area contributed by atoms with Crippen LogP contribution >= 0.6 is 0 Å². The van der Waals surface area contributed by atoms with Crippen LogP contribution in [-0.4, -0.2) is 162 Å². The first kappa shape index (κ1) is 46.4. The number of carbonyl (C=O) groups excluding carboxylic acids is 2. The minimum atomic E-state index is -3.57. The highest BCUT2D eigenvalue weighted by Crippen LogP contribution is 2.22. The Morgan fingerprint density at radius 2 is 1.22 bits per heavy atom. The van der Waals surface area contributed by atoms with Gasteiger partial charge in [-0.2, -0.15) is 0 Å². The van der Waals surface area contributed by atoms with Gasteiger partial charge < -0.3 is 47.0 Å². The predicted molar refractivity (Wildman–Crippen MR) is 210 cm³/mol. The maximum Gasteiger partial charge on any atom is 0.335 e. The van der Waals surface area contributed by atoms with Gasteiger partial charge in [-0.15, -0.1) is 10.2 Å². The molecule has 20 nitrogen and oxygen atoms in total. The van der Waals surface area contributed by atoms with Crippen molar-refractivity contribution in [1.29, 1.82) is 0 Å². The third kappa shape index (κ3) is 16.7. The van der Waals surface area contributed by atoms with Crippen molar-refractivity contribution in [1.82, 2.24) is 30.1 Å². The molecule has 1 saturated heterocycles. The average molecular weight is 861 g/mol. The van der Waals surface area contributed by atoms with E-state index in [0.29, 0.717) is 154 Å². The van der Waals surface area contributed by atoms with Crippen LogP contribution in [0.4, 0.5) is 0 Å². The molecule has 0 atom stereocenters. The molecule has 2 aromatic heterocycles. The molecule has 2 aromatic carbocycles. The monoisotopic (exact) mass is 860 g/mol. The molecule has 1 aliphatic rings. The Labute approximate surface area is 348 Å². The Morgan fingerprint density at radius 3 is 1.75 bits per heavy atom. The molecule has 4 aromatic rings. The molecule has 5 rings (SSSR count). The SMILES string of the molecule is CS(=O)(=O)c1nnc(-c2ccc(OCCOCCOCCOCCn3cc(COCCOCCOCCOCCOCc4ccc(C(=O)N5CCC5=O)cc4)nn3)cc2)o1. The lowest BCUT2D eigenvalue weighted by Gasteiger charge is -2.28. The number of benzene rings is 2. The third-order valence-electron chi connectivity index (χ3n) is 8.42. The number of hydrogen-bond donors (Lipinski definition) is 0. The first-order valence-electron chi connectivity index (χ1n) is 19.5. The van der Waals surface area contributed by atoms with Gasteiger partial charge in [0.2, 0.25) is 21.6 Å². The summed E-state index contributed by atoms with van der Waals surface area (Å²) in [6.07, 6.45) is 3.25. The van der Waals surface area contributed by atoms with E-state index >= 15 is 0 Å². The Bertz CT molecular complexity index is 1960. The van der Waals surface area contributed by atoms with Crippen LogP contribution in [0.5, 0.6) is 5.75 Å². The third-order valence-corrected chi connectivity index (χ3v) is 9.22. The van der Waals surface area contributed by atoms with Gasteiger partial charge in [-0.05, 0) is 42.0 Å². The van der Waals surface area contributed by atoms with E-state index in [0.717, 1.165) is 11.8 Å². The largest absolute Gasteiger partial charge is 0.491 e. The van der Waals surface area contributed by atoms with Gasteiger partial charge in [0.1, 0.15) is 18.1 Å². The van der Waals surface area contributed by atoms with Gasteiger partial charge in [0.05, 0.1) is 118 Å². The standard InChI is InChI=1S/C39H52N6O14S/c1-60(48,49)39-42-41-37(59-39)32-6-8-35(9-7-32)58-27-26-55-21-20-51-15-14-50-13-12-44-28-34(40-43-44)30-57-25-23-54-19-17-52-16-18-53-22-24-56-29-31-2-4-33(5-3-31)38(47)45-11-10-36(45)46/h2-9,28H,10-27,29-30H2,1H3. The van der Waals surface area contributed by atoms with Gasteiger partial charge >= 0.3 is 5.22 Å². The van der Waals surface area contributed by atoms with E-state index < -0.39 is 15.1 Å². The quantitative estimate of drug-likeness (QED) is 0.0389. The Hall–Kier alpha value is -4.71. The van der Waals surface area contributed by atoms with Crippen LogP contribution in [0.15, 0.2) is 64.4 Å². The lowest BCUT2D eigenvalue weighted by Crippen LogP contribution is -2.47. The molecular formula is C39H52N6O14S. The van der Waals surface area contributed by atoms with Crippen molar-refractivity contribution in [2.24, 2.45) is 0 Å². The number of nitrogens with zero attached hydrogens (tertiary/aromatic N) is 6. The van der Waals surface area contributed by atoms with E-state index in [1.54, 1.807) is 41.1 Å². The number of likely N-dealkylation sites (tertiary alicyclic amines) is 1. The van der Waals surface area contributed by atoms with Crippen LogP contribution in [-0.2, 0) is 72.3 Å². The van der Waals surface area contributed by atoms with Crippen LogP contribution in [0, 0.1) is 0 Å². The molecular weight excluding hydrogens is 809 g/mol. The van der Waals surface area contributed by atoms with Gasteiger partial charge in [0.25, 0.3) is 5.91 Å². The van der Waals surface area contributed by atoms with Gasteiger partial charge in [0.15, 0.2) is 0 Å². The van der Waals surface area contributed by atoms with Crippen molar-refractivity contribution in [2.75, 3.05) is 112 Å². The van der Waals surface area contributed by atoms with Crippen molar-refractivity contribution >= 4 is 21.7 Å². The molecule has 0 radical (unpaired) electrons. The Kier molecular flexibility index (Phi) is 19.9. The summed E-state index contributed by atoms with van der Waals surface area (Å²) in [5, 5.41) is 15.1. The highest BCUT2D eigenvalue weighted by molar-refractivity contribution is 7.90.